The second-order valence-corrected chi connectivity index (χ2v) is 6.15. The summed E-state index contributed by atoms with van der Waals surface area (Å²) in [5, 5.41) is 4.55. The lowest BCUT2D eigenvalue weighted by Crippen LogP contribution is -2.21. The van der Waals surface area contributed by atoms with Crippen LogP contribution in [0.1, 0.15) is 17.0 Å². The number of aromatic nitrogens is 3. The van der Waals surface area contributed by atoms with E-state index in [0.29, 0.717) is 13.2 Å². The minimum Gasteiger partial charge on any atom is -0.486 e. The second kappa shape index (κ2) is 5.70. The Labute approximate surface area is 140 Å². The van der Waals surface area contributed by atoms with Crippen LogP contribution < -0.4 is 14.4 Å². The fourth-order valence-electron chi connectivity index (χ4n) is 3.01. The summed E-state index contributed by atoms with van der Waals surface area (Å²) in [7, 11) is 2.06. The Balaban J connectivity index is 1.66. The third-order valence-electron chi connectivity index (χ3n) is 4.08. The highest BCUT2D eigenvalue weighted by atomic mass is 16.6. The number of benzene rings is 1. The van der Waals surface area contributed by atoms with Crippen LogP contribution in [0.5, 0.6) is 11.5 Å². The number of ether oxygens (including phenoxy) is 2. The molecule has 0 fully saturated rings. The lowest BCUT2D eigenvalue weighted by Gasteiger charge is -2.22. The topological polar surface area (TPSA) is 51.9 Å². The Morgan fingerprint density at radius 1 is 1.04 bits per heavy atom. The molecule has 3 heterocycles. The van der Waals surface area contributed by atoms with E-state index in [4.69, 9.17) is 9.47 Å². The van der Waals surface area contributed by atoms with Crippen molar-refractivity contribution in [2.45, 2.75) is 20.4 Å². The van der Waals surface area contributed by atoms with Crippen LogP contribution in [0.2, 0.25) is 0 Å². The van der Waals surface area contributed by atoms with E-state index in [0.717, 1.165) is 46.5 Å². The van der Waals surface area contributed by atoms with Gasteiger partial charge in [0.2, 0.25) is 0 Å². The van der Waals surface area contributed by atoms with Gasteiger partial charge in [0.25, 0.3) is 0 Å². The first-order valence-electron chi connectivity index (χ1n) is 8.04. The standard InChI is InChI=1S/C18H20N4O2/c1-12-9-18(22-17(19-12)8-13(2)20-22)21(3)11-14-4-5-15-16(10-14)24-7-6-23-15/h4-5,8-10H,6-7,11H2,1-3H3. The average molecular weight is 324 g/mol. The summed E-state index contributed by atoms with van der Waals surface area (Å²) >= 11 is 0. The van der Waals surface area contributed by atoms with E-state index in [1.165, 1.54) is 0 Å². The van der Waals surface area contributed by atoms with Crippen LogP contribution >= 0.6 is 0 Å². The van der Waals surface area contributed by atoms with Gasteiger partial charge in [-0.2, -0.15) is 9.61 Å². The minimum atomic E-state index is 0.600. The molecule has 2 aromatic heterocycles. The van der Waals surface area contributed by atoms with Gasteiger partial charge in [-0.05, 0) is 31.5 Å². The molecule has 1 aliphatic heterocycles. The highest BCUT2D eigenvalue weighted by Crippen LogP contribution is 2.31. The lowest BCUT2D eigenvalue weighted by molar-refractivity contribution is 0.171. The molecular weight excluding hydrogens is 304 g/mol. The number of hydrogen-bond donors (Lipinski definition) is 0. The normalized spacial score (nSPS) is 13.3. The van der Waals surface area contributed by atoms with E-state index in [1.54, 1.807) is 0 Å². The van der Waals surface area contributed by atoms with Crippen molar-refractivity contribution in [1.29, 1.82) is 0 Å². The van der Waals surface area contributed by atoms with Gasteiger partial charge in [0.15, 0.2) is 17.1 Å². The monoisotopic (exact) mass is 324 g/mol. The van der Waals surface area contributed by atoms with Crippen LogP contribution in [0.25, 0.3) is 5.65 Å². The Bertz CT molecular complexity index is 903. The van der Waals surface area contributed by atoms with E-state index in [1.807, 2.05) is 36.6 Å². The van der Waals surface area contributed by atoms with E-state index in [-0.39, 0.29) is 0 Å². The fraction of sp³-hybridized carbons (Fsp3) is 0.333. The molecule has 24 heavy (non-hydrogen) atoms. The molecule has 0 saturated heterocycles. The zero-order chi connectivity index (χ0) is 16.7. The molecule has 0 radical (unpaired) electrons. The predicted molar refractivity (Wildman–Crippen MR) is 92.0 cm³/mol. The third-order valence-corrected chi connectivity index (χ3v) is 4.08. The molecule has 124 valence electrons. The number of rotatable bonds is 3. The van der Waals surface area contributed by atoms with Gasteiger partial charge >= 0.3 is 0 Å². The van der Waals surface area contributed by atoms with E-state index in [9.17, 15) is 0 Å². The van der Waals surface area contributed by atoms with Gasteiger partial charge in [-0.1, -0.05) is 6.07 Å². The fourth-order valence-corrected chi connectivity index (χ4v) is 3.01. The first-order chi connectivity index (χ1) is 11.6. The minimum absolute atomic E-state index is 0.600. The average Bonchev–Trinajstić information content (AvgIpc) is 2.93. The van der Waals surface area contributed by atoms with Crippen LogP contribution in [0, 0.1) is 13.8 Å². The van der Waals surface area contributed by atoms with Crippen LogP contribution in [-0.2, 0) is 6.54 Å². The van der Waals surface area contributed by atoms with Gasteiger partial charge in [-0.3, -0.25) is 0 Å². The molecule has 6 nitrogen and oxygen atoms in total. The van der Waals surface area contributed by atoms with E-state index in [2.05, 4.69) is 34.2 Å². The van der Waals surface area contributed by atoms with Crippen LogP contribution in [-0.4, -0.2) is 34.9 Å². The molecular formula is C18H20N4O2. The van der Waals surface area contributed by atoms with Crippen molar-refractivity contribution in [1.82, 2.24) is 14.6 Å². The van der Waals surface area contributed by atoms with Gasteiger partial charge < -0.3 is 14.4 Å². The van der Waals surface area contributed by atoms with Crippen molar-refractivity contribution in [3.8, 4) is 11.5 Å². The van der Waals surface area contributed by atoms with Gasteiger partial charge in [-0.25, -0.2) is 4.98 Å². The van der Waals surface area contributed by atoms with Crippen LogP contribution in [0.15, 0.2) is 30.3 Å². The van der Waals surface area contributed by atoms with Gasteiger partial charge in [0.05, 0.1) is 5.69 Å². The quantitative estimate of drug-likeness (QED) is 0.741. The van der Waals surface area contributed by atoms with Crippen molar-refractivity contribution >= 4 is 11.5 Å². The summed E-state index contributed by atoms with van der Waals surface area (Å²) in [6, 6.07) is 10.1. The van der Waals surface area contributed by atoms with Gasteiger partial charge in [0, 0.05) is 31.4 Å². The summed E-state index contributed by atoms with van der Waals surface area (Å²) in [6.45, 7) is 5.94. The maximum atomic E-state index is 5.67. The first-order valence-corrected chi connectivity index (χ1v) is 8.04. The van der Waals surface area contributed by atoms with Crippen LogP contribution in [0.3, 0.4) is 0 Å². The highest BCUT2D eigenvalue weighted by molar-refractivity contribution is 5.52. The van der Waals surface area contributed by atoms with Crippen molar-refractivity contribution < 1.29 is 9.47 Å². The van der Waals surface area contributed by atoms with Crippen molar-refractivity contribution in [2.24, 2.45) is 0 Å². The smallest absolute Gasteiger partial charge is 0.161 e. The number of hydrogen-bond acceptors (Lipinski definition) is 5. The van der Waals surface area contributed by atoms with Gasteiger partial charge in [0.1, 0.15) is 19.0 Å². The van der Waals surface area contributed by atoms with Crippen molar-refractivity contribution in [3.05, 3.63) is 47.3 Å². The second-order valence-electron chi connectivity index (χ2n) is 6.15. The molecule has 0 unspecified atom stereocenters. The molecule has 3 aromatic rings. The number of nitrogens with zero attached hydrogens (tertiary/aromatic N) is 4. The Kier molecular flexibility index (Phi) is 3.52. The molecule has 1 aliphatic rings. The molecule has 0 N–H and O–H groups in total. The Morgan fingerprint density at radius 3 is 2.67 bits per heavy atom. The van der Waals surface area contributed by atoms with Crippen LogP contribution in [0.4, 0.5) is 5.82 Å². The number of fused-ring (bicyclic) bond motifs is 2. The molecule has 0 atom stereocenters. The number of aryl methyl sites for hydroxylation is 2. The van der Waals surface area contributed by atoms with Gasteiger partial charge in [-0.15, -0.1) is 0 Å². The highest BCUT2D eigenvalue weighted by Gasteiger charge is 2.14. The molecule has 4 rings (SSSR count). The van der Waals surface area contributed by atoms with E-state index < -0.39 is 0 Å². The first kappa shape index (κ1) is 14.8. The maximum Gasteiger partial charge on any atom is 0.161 e. The molecule has 1 aromatic carbocycles. The molecule has 0 saturated carbocycles. The molecule has 0 amide bonds. The Morgan fingerprint density at radius 2 is 1.83 bits per heavy atom. The zero-order valence-corrected chi connectivity index (χ0v) is 14.1. The Hall–Kier alpha value is -2.76. The lowest BCUT2D eigenvalue weighted by atomic mass is 10.2. The van der Waals surface area contributed by atoms with Crippen molar-refractivity contribution in [3.63, 3.8) is 0 Å². The summed E-state index contributed by atoms with van der Waals surface area (Å²) < 4.78 is 13.1. The molecule has 6 heteroatoms. The molecule has 0 spiro atoms. The number of anilines is 1. The summed E-state index contributed by atoms with van der Waals surface area (Å²) in [4.78, 5) is 6.71. The SMILES string of the molecule is Cc1cc(N(C)Cc2ccc3c(c2)OCCO3)n2nc(C)cc2n1. The molecule has 0 bridgehead atoms. The summed E-state index contributed by atoms with van der Waals surface area (Å²) in [5.74, 6) is 2.65. The zero-order valence-electron chi connectivity index (χ0n) is 14.1. The summed E-state index contributed by atoms with van der Waals surface area (Å²) in [6.07, 6.45) is 0. The predicted octanol–water partition coefficient (Wildman–Crippen LogP) is 2.75. The van der Waals surface area contributed by atoms with E-state index >= 15 is 0 Å². The largest absolute Gasteiger partial charge is 0.486 e. The van der Waals surface area contributed by atoms with Crippen molar-refractivity contribution in [2.75, 3.05) is 25.2 Å². The third kappa shape index (κ3) is 2.64. The maximum absolute atomic E-state index is 5.67. The summed E-state index contributed by atoms with van der Waals surface area (Å²) in [5.41, 5.74) is 3.97. The molecule has 0 aliphatic carbocycles.